The molecule has 0 aliphatic rings. The van der Waals surface area contributed by atoms with E-state index in [1.807, 2.05) is 0 Å². The molecule has 0 spiro atoms. The Morgan fingerprint density at radius 3 is 0.735 bits per heavy atom. The first kappa shape index (κ1) is 78.3. The molecule has 6 heteroatoms. The largest absolute Gasteiger partial charge is 0.462 e. The van der Waals surface area contributed by atoms with Crippen LogP contribution in [0.3, 0.4) is 0 Å². The average Bonchev–Trinajstić information content (AvgIpc) is 3.49. The summed E-state index contributed by atoms with van der Waals surface area (Å²) in [4.78, 5) is 38.2. The van der Waals surface area contributed by atoms with Gasteiger partial charge in [-0.2, -0.15) is 0 Å². The Balaban J connectivity index is 4.15. The van der Waals surface area contributed by atoms with Gasteiger partial charge in [-0.15, -0.1) is 0 Å². The van der Waals surface area contributed by atoms with Gasteiger partial charge in [0, 0.05) is 19.3 Å². The van der Waals surface area contributed by atoms with Crippen LogP contribution in [-0.4, -0.2) is 37.2 Å². The Morgan fingerprint density at radius 2 is 0.470 bits per heavy atom. The normalized spacial score (nSPS) is 13.0. The molecule has 1 atom stereocenters. The second-order valence-corrected chi connectivity index (χ2v) is 22.3. The first-order valence-corrected chi connectivity index (χ1v) is 34.3. The highest BCUT2D eigenvalue weighted by Crippen LogP contribution is 2.16. The Morgan fingerprint density at radius 1 is 0.253 bits per heavy atom. The molecular formula is C77H126O6. The smallest absolute Gasteiger partial charge is 0.306 e. The fourth-order valence-corrected chi connectivity index (χ4v) is 9.27. The molecule has 0 aromatic heterocycles. The summed E-state index contributed by atoms with van der Waals surface area (Å²) < 4.78 is 16.9. The van der Waals surface area contributed by atoms with Crippen LogP contribution in [-0.2, 0) is 28.6 Å². The highest BCUT2D eigenvalue weighted by atomic mass is 16.6. The zero-order chi connectivity index (χ0) is 59.9. The van der Waals surface area contributed by atoms with Crippen molar-refractivity contribution in [1.29, 1.82) is 0 Å². The van der Waals surface area contributed by atoms with E-state index in [2.05, 4.69) is 167 Å². The monoisotopic (exact) mass is 1150 g/mol. The molecule has 83 heavy (non-hydrogen) atoms. The van der Waals surface area contributed by atoms with Gasteiger partial charge >= 0.3 is 17.9 Å². The molecule has 0 bridgehead atoms. The van der Waals surface area contributed by atoms with Crippen LogP contribution in [0.4, 0.5) is 0 Å². The molecule has 0 amide bonds. The molecule has 0 rings (SSSR count). The summed E-state index contributed by atoms with van der Waals surface area (Å²) in [6, 6.07) is 0. The minimum Gasteiger partial charge on any atom is -0.462 e. The van der Waals surface area contributed by atoms with Gasteiger partial charge in [0.2, 0.25) is 0 Å². The maximum atomic E-state index is 12.9. The van der Waals surface area contributed by atoms with Crippen LogP contribution in [0.2, 0.25) is 0 Å². The summed E-state index contributed by atoms with van der Waals surface area (Å²) in [5.41, 5.74) is 0. The summed E-state index contributed by atoms with van der Waals surface area (Å²) in [6.07, 6.45) is 100. The molecule has 0 radical (unpaired) electrons. The number of carbonyl (C=O) groups is 3. The molecule has 0 aromatic carbocycles. The zero-order valence-electron chi connectivity index (χ0n) is 53.9. The maximum Gasteiger partial charge on any atom is 0.306 e. The fourth-order valence-electron chi connectivity index (χ4n) is 9.27. The van der Waals surface area contributed by atoms with Crippen LogP contribution in [0.25, 0.3) is 0 Å². The molecule has 1 unspecified atom stereocenters. The van der Waals surface area contributed by atoms with Gasteiger partial charge in [-0.05, 0) is 122 Å². The van der Waals surface area contributed by atoms with E-state index in [-0.39, 0.29) is 31.1 Å². The third kappa shape index (κ3) is 68.0. The van der Waals surface area contributed by atoms with Crippen molar-refractivity contribution in [2.45, 2.75) is 309 Å². The standard InChI is InChI=1S/C77H126O6/c1-4-7-10-13-16-18-20-22-24-26-28-30-32-34-36-38-40-42-44-46-48-50-52-54-56-58-61-64-67-70-76(79)82-73-74(72-81-75(78)69-66-63-60-15-12-9-6-3)83-77(80)71-68-65-62-59-57-55-53-51-49-47-45-43-41-39-37-35-33-31-29-27-25-23-21-19-17-14-11-8-5-2/h7-8,10-11,16-19,22-25,28-31,34-37,40-43,74H,4-6,9,12-15,20-21,26-27,32-33,38-39,44-73H2,1-3H3/b10-7-,11-8-,18-16-,19-17-,24-22-,25-23-,30-28-,31-29-,36-34-,37-35-,42-40-,43-41-. The third-order valence-corrected chi connectivity index (χ3v) is 14.3. The lowest BCUT2D eigenvalue weighted by atomic mass is 10.0. The number of allylic oxidation sites excluding steroid dienone is 24. The topological polar surface area (TPSA) is 78.9 Å². The molecule has 0 saturated carbocycles. The van der Waals surface area contributed by atoms with Gasteiger partial charge < -0.3 is 14.2 Å². The van der Waals surface area contributed by atoms with Crippen molar-refractivity contribution in [2.24, 2.45) is 0 Å². The van der Waals surface area contributed by atoms with Crippen LogP contribution in [0.5, 0.6) is 0 Å². The van der Waals surface area contributed by atoms with Crippen LogP contribution >= 0.6 is 0 Å². The van der Waals surface area contributed by atoms with E-state index in [4.69, 9.17) is 14.2 Å². The van der Waals surface area contributed by atoms with E-state index < -0.39 is 6.10 Å². The maximum absolute atomic E-state index is 12.9. The average molecular weight is 1150 g/mol. The van der Waals surface area contributed by atoms with Crippen molar-refractivity contribution in [3.63, 3.8) is 0 Å². The Kier molecular flexibility index (Phi) is 65.8. The Labute approximate surface area is 512 Å². The molecule has 6 nitrogen and oxygen atoms in total. The fraction of sp³-hybridized carbons (Fsp3) is 0.649. The van der Waals surface area contributed by atoms with E-state index in [0.717, 1.165) is 135 Å². The van der Waals surface area contributed by atoms with Crippen molar-refractivity contribution in [3.8, 4) is 0 Å². The van der Waals surface area contributed by atoms with Crippen LogP contribution < -0.4 is 0 Å². The second kappa shape index (κ2) is 69.8. The molecule has 0 aliphatic carbocycles. The van der Waals surface area contributed by atoms with Gasteiger partial charge in [0.05, 0.1) is 0 Å². The highest BCUT2D eigenvalue weighted by molar-refractivity contribution is 5.71. The molecule has 470 valence electrons. The molecule has 0 fully saturated rings. The number of hydrogen-bond acceptors (Lipinski definition) is 6. The van der Waals surface area contributed by atoms with Crippen LogP contribution in [0, 0.1) is 0 Å². The molecule has 0 N–H and O–H groups in total. The van der Waals surface area contributed by atoms with Gasteiger partial charge in [-0.1, -0.05) is 308 Å². The minimum absolute atomic E-state index is 0.0830. The van der Waals surface area contributed by atoms with Gasteiger partial charge in [0.1, 0.15) is 13.2 Å². The van der Waals surface area contributed by atoms with Crippen molar-refractivity contribution in [1.82, 2.24) is 0 Å². The lowest BCUT2D eigenvalue weighted by Gasteiger charge is -2.18. The summed E-state index contributed by atoms with van der Waals surface area (Å²) in [5.74, 6) is -0.895. The number of esters is 3. The van der Waals surface area contributed by atoms with E-state index >= 15 is 0 Å². The van der Waals surface area contributed by atoms with Crippen LogP contribution in [0.1, 0.15) is 303 Å². The predicted octanol–water partition coefficient (Wildman–Crippen LogP) is 23.9. The van der Waals surface area contributed by atoms with E-state index in [0.29, 0.717) is 19.3 Å². The summed E-state index contributed by atoms with van der Waals surface area (Å²) in [6.45, 7) is 6.37. The van der Waals surface area contributed by atoms with Gasteiger partial charge in [-0.3, -0.25) is 14.4 Å². The molecule has 0 aliphatic heterocycles. The molecule has 0 heterocycles. The van der Waals surface area contributed by atoms with E-state index in [1.54, 1.807) is 0 Å². The van der Waals surface area contributed by atoms with Gasteiger partial charge in [0.25, 0.3) is 0 Å². The number of rotatable bonds is 61. The summed E-state index contributed by atoms with van der Waals surface area (Å²) in [7, 11) is 0. The van der Waals surface area contributed by atoms with Crippen molar-refractivity contribution in [2.75, 3.05) is 13.2 Å². The third-order valence-electron chi connectivity index (χ3n) is 14.3. The quantitative estimate of drug-likeness (QED) is 0.0261. The predicted molar refractivity (Wildman–Crippen MR) is 362 cm³/mol. The SMILES string of the molecule is CC/C=C\C/C=C\C/C=C\C/C=C\C/C=C\C/C=C\CCCCCCCCCCCCC(=O)OCC(COC(=O)CCCCCCCCC)OC(=O)CCCCCCCCCCCC/C=C\C/C=C\C/C=C\C/C=C\C/C=C\C/C=C\CC. The lowest BCUT2D eigenvalue weighted by Crippen LogP contribution is -2.30. The Bertz CT molecular complexity index is 1800. The van der Waals surface area contributed by atoms with Crippen molar-refractivity contribution >= 4 is 17.9 Å². The second-order valence-electron chi connectivity index (χ2n) is 22.3. The van der Waals surface area contributed by atoms with Crippen molar-refractivity contribution < 1.29 is 28.6 Å². The Hall–Kier alpha value is -4.71. The minimum atomic E-state index is -0.785. The first-order valence-electron chi connectivity index (χ1n) is 34.3. The van der Waals surface area contributed by atoms with E-state index in [1.165, 1.54) is 128 Å². The van der Waals surface area contributed by atoms with Crippen molar-refractivity contribution in [3.05, 3.63) is 146 Å². The first-order chi connectivity index (χ1) is 41.0. The number of ether oxygens (including phenoxy) is 3. The zero-order valence-corrected chi connectivity index (χ0v) is 53.9. The van der Waals surface area contributed by atoms with Gasteiger partial charge in [-0.25, -0.2) is 0 Å². The lowest BCUT2D eigenvalue weighted by molar-refractivity contribution is -0.167. The number of carbonyl (C=O) groups excluding carboxylic acids is 3. The molecule has 0 aromatic rings. The van der Waals surface area contributed by atoms with E-state index in [9.17, 15) is 14.4 Å². The molecular weight excluding hydrogens is 1020 g/mol. The molecule has 0 saturated heterocycles. The number of unbranched alkanes of at least 4 members (excludes halogenated alkanes) is 26. The summed E-state index contributed by atoms with van der Waals surface area (Å²) in [5, 5.41) is 0. The van der Waals surface area contributed by atoms with Crippen LogP contribution in [0.15, 0.2) is 146 Å². The summed E-state index contributed by atoms with van der Waals surface area (Å²) >= 11 is 0. The highest BCUT2D eigenvalue weighted by Gasteiger charge is 2.19. The van der Waals surface area contributed by atoms with Gasteiger partial charge in [0.15, 0.2) is 6.10 Å². The number of hydrogen-bond donors (Lipinski definition) is 0.